The number of hydrogen-bond donors (Lipinski definition) is 1. The predicted octanol–water partition coefficient (Wildman–Crippen LogP) is 2.73. The molecule has 0 aromatic heterocycles. The van der Waals surface area contributed by atoms with E-state index in [1.165, 1.54) is 31.2 Å². The van der Waals surface area contributed by atoms with Gasteiger partial charge in [0.1, 0.15) is 5.75 Å². The Morgan fingerprint density at radius 2 is 1.94 bits per heavy atom. The van der Waals surface area contributed by atoms with Crippen molar-refractivity contribution in [2.45, 2.75) is 31.1 Å². The van der Waals surface area contributed by atoms with Gasteiger partial charge in [0, 0.05) is 17.5 Å². The zero-order valence-corrected chi connectivity index (χ0v) is 10.8. The second-order valence-corrected chi connectivity index (χ2v) is 5.86. The Labute approximate surface area is 103 Å². The summed E-state index contributed by atoms with van der Waals surface area (Å²) in [6, 6.07) is 8.52. The van der Waals surface area contributed by atoms with E-state index < -0.39 is 0 Å². The molecule has 2 nitrogen and oxygen atoms in total. The van der Waals surface area contributed by atoms with Gasteiger partial charge in [-0.3, -0.25) is 0 Å². The lowest BCUT2D eigenvalue weighted by Crippen LogP contribution is -2.49. The van der Waals surface area contributed by atoms with Crippen LogP contribution in [-0.2, 0) is 5.41 Å². The van der Waals surface area contributed by atoms with Gasteiger partial charge < -0.3 is 10.1 Å². The molecule has 0 aliphatic heterocycles. The Morgan fingerprint density at radius 3 is 2.53 bits per heavy atom. The van der Waals surface area contributed by atoms with Crippen molar-refractivity contribution in [2.24, 2.45) is 5.41 Å². The van der Waals surface area contributed by atoms with Crippen LogP contribution in [0.5, 0.6) is 5.75 Å². The largest absolute Gasteiger partial charge is 0.496 e. The van der Waals surface area contributed by atoms with Crippen LogP contribution in [0.15, 0.2) is 24.3 Å². The maximum absolute atomic E-state index is 5.53. The number of ether oxygens (including phenoxy) is 1. The maximum atomic E-state index is 5.53. The number of benzene rings is 1. The fourth-order valence-corrected chi connectivity index (χ4v) is 3.75. The average molecular weight is 231 g/mol. The molecule has 1 N–H and O–H groups in total. The van der Waals surface area contributed by atoms with E-state index in [-0.39, 0.29) is 0 Å². The Hall–Kier alpha value is -1.02. The predicted molar refractivity (Wildman–Crippen MR) is 69.5 cm³/mol. The minimum Gasteiger partial charge on any atom is -0.496 e. The molecule has 1 aromatic carbocycles. The van der Waals surface area contributed by atoms with Gasteiger partial charge in [0.15, 0.2) is 0 Å². The van der Waals surface area contributed by atoms with Crippen molar-refractivity contribution >= 4 is 0 Å². The third kappa shape index (κ3) is 1.66. The van der Waals surface area contributed by atoms with Crippen LogP contribution in [0.25, 0.3) is 0 Å². The summed E-state index contributed by atoms with van der Waals surface area (Å²) in [7, 11) is 3.83. The fourth-order valence-electron chi connectivity index (χ4n) is 3.75. The zero-order chi connectivity index (χ0) is 11.9. The number of nitrogens with one attached hydrogen (secondary N) is 1. The Balaban J connectivity index is 1.93. The number of hydrogen-bond acceptors (Lipinski definition) is 2. The molecule has 2 saturated carbocycles. The Morgan fingerprint density at radius 1 is 1.24 bits per heavy atom. The fraction of sp³-hybridized carbons (Fsp3) is 0.600. The Bertz CT molecular complexity index is 415. The maximum Gasteiger partial charge on any atom is 0.122 e. The minimum absolute atomic E-state index is 0.317. The second kappa shape index (κ2) is 3.74. The van der Waals surface area contributed by atoms with E-state index in [0.717, 1.165) is 12.3 Å². The molecule has 2 aliphatic carbocycles. The normalized spacial score (nSPS) is 23.2. The van der Waals surface area contributed by atoms with Gasteiger partial charge in [0.25, 0.3) is 0 Å². The number of likely N-dealkylation sites (N-methyl/N-ethyl adjacent to an activating group) is 1. The Kier molecular flexibility index (Phi) is 2.44. The minimum atomic E-state index is 0.317. The summed E-state index contributed by atoms with van der Waals surface area (Å²) in [5, 5.41) is 3.37. The molecule has 3 rings (SSSR count). The quantitative estimate of drug-likeness (QED) is 0.860. The van der Waals surface area contributed by atoms with Crippen LogP contribution in [-0.4, -0.2) is 20.7 Å². The zero-order valence-electron chi connectivity index (χ0n) is 10.8. The van der Waals surface area contributed by atoms with E-state index in [0.29, 0.717) is 10.8 Å². The molecule has 92 valence electrons. The molecule has 2 heteroatoms. The first kappa shape index (κ1) is 11.1. The summed E-state index contributed by atoms with van der Waals surface area (Å²) < 4.78 is 5.53. The lowest BCUT2D eigenvalue weighted by Gasteiger charge is -2.49. The summed E-state index contributed by atoms with van der Waals surface area (Å²) in [6.07, 6.45) is 5.55. The standard InChI is InChI=1S/C15H21NO/c1-16-11-15(9-14(10-15)7-8-14)12-5-3-4-6-13(12)17-2/h3-6,16H,7-11H2,1-2H3. The van der Waals surface area contributed by atoms with Crippen molar-refractivity contribution < 1.29 is 4.74 Å². The molecule has 0 saturated heterocycles. The summed E-state index contributed by atoms with van der Waals surface area (Å²) in [5.74, 6) is 1.05. The van der Waals surface area contributed by atoms with Crippen LogP contribution in [0.3, 0.4) is 0 Å². The molecule has 0 bridgehead atoms. The van der Waals surface area contributed by atoms with E-state index in [9.17, 15) is 0 Å². The molecular formula is C15H21NO. The molecule has 0 atom stereocenters. The van der Waals surface area contributed by atoms with Gasteiger partial charge in [-0.2, -0.15) is 0 Å². The molecule has 2 fully saturated rings. The van der Waals surface area contributed by atoms with Gasteiger partial charge in [-0.1, -0.05) is 18.2 Å². The lowest BCUT2D eigenvalue weighted by molar-refractivity contribution is 0.115. The van der Waals surface area contributed by atoms with Gasteiger partial charge in [-0.25, -0.2) is 0 Å². The first-order valence-electron chi connectivity index (χ1n) is 6.52. The van der Waals surface area contributed by atoms with E-state index >= 15 is 0 Å². The van der Waals surface area contributed by atoms with Crippen molar-refractivity contribution in [3.05, 3.63) is 29.8 Å². The molecule has 1 aromatic rings. The van der Waals surface area contributed by atoms with Gasteiger partial charge in [-0.05, 0) is 44.2 Å². The van der Waals surface area contributed by atoms with Crippen molar-refractivity contribution in [3.8, 4) is 5.75 Å². The van der Waals surface area contributed by atoms with E-state index in [2.05, 4.69) is 36.6 Å². The molecule has 0 unspecified atom stereocenters. The molecule has 17 heavy (non-hydrogen) atoms. The van der Waals surface area contributed by atoms with Gasteiger partial charge in [-0.15, -0.1) is 0 Å². The highest BCUT2D eigenvalue weighted by atomic mass is 16.5. The van der Waals surface area contributed by atoms with Crippen molar-refractivity contribution in [2.75, 3.05) is 20.7 Å². The molecule has 2 aliphatic rings. The SMILES string of the molecule is CNCC1(c2ccccc2OC)CC2(CC2)C1. The highest BCUT2D eigenvalue weighted by Gasteiger charge is 2.61. The van der Waals surface area contributed by atoms with Crippen LogP contribution < -0.4 is 10.1 Å². The number of methoxy groups -OCH3 is 1. The monoisotopic (exact) mass is 231 g/mol. The van der Waals surface area contributed by atoms with Crippen LogP contribution in [0.2, 0.25) is 0 Å². The number of rotatable bonds is 4. The van der Waals surface area contributed by atoms with Crippen molar-refractivity contribution in [1.82, 2.24) is 5.32 Å². The smallest absolute Gasteiger partial charge is 0.122 e. The summed E-state index contributed by atoms with van der Waals surface area (Å²) in [4.78, 5) is 0. The third-order valence-corrected chi connectivity index (χ3v) is 4.58. The first-order chi connectivity index (χ1) is 8.24. The summed E-state index contributed by atoms with van der Waals surface area (Å²) >= 11 is 0. The van der Waals surface area contributed by atoms with E-state index in [4.69, 9.17) is 4.74 Å². The van der Waals surface area contributed by atoms with Crippen LogP contribution in [0.1, 0.15) is 31.2 Å². The highest BCUT2D eigenvalue weighted by molar-refractivity contribution is 5.43. The van der Waals surface area contributed by atoms with Gasteiger partial charge >= 0.3 is 0 Å². The number of para-hydroxylation sites is 1. The second-order valence-electron chi connectivity index (χ2n) is 5.86. The van der Waals surface area contributed by atoms with E-state index in [1.807, 2.05) is 0 Å². The van der Waals surface area contributed by atoms with E-state index in [1.54, 1.807) is 7.11 Å². The molecule has 0 amide bonds. The average Bonchev–Trinajstić information content (AvgIpc) is 3.08. The third-order valence-electron chi connectivity index (χ3n) is 4.58. The van der Waals surface area contributed by atoms with Crippen molar-refractivity contribution in [3.63, 3.8) is 0 Å². The van der Waals surface area contributed by atoms with Crippen molar-refractivity contribution in [1.29, 1.82) is 0 Å². The molecule has 0 heterocycles. The molecular weight excluding hydrogens is 210 g/mol. The summed E-state index contributed by atoms with van der Waals surface area (Å²) in [5.41, 5.74) is 2.42. The van der Waals surface area contributed by atoms with Crippen LogP contribution >= 0.6 is 0 Å². The van der Waals surface area contributed by atoms with Crippen LogP contribution in [0, 0.1) is 5.41 Å². The van der Waals surface area contributed by atoms with Gasteiger partial charge in [0.2, 0.25) is 0 Å². The first-order valence-corrected chi connectivity index (χ1v) is 6.52. The highest BCUT2D eigenvalue weighted by Crippen LogP contribution is 2.69. The van der Waals surface area contributed by atoms with Crippen LogP contribution in [0.4, 0.5) is 0 Å². The van der Waals surface area contributed by atoms with Gasteiger partial charge in [0.05, 0.1) is 7.11 Å². The molecule has 1 spiro atoms. The topological polar surface area (TPSA) is 21.3 Å². The lowest BCUT2D eigenvalue weighted by atomic mass is 9.56. The molecule has 0 radical (unpaired) electrons. The summed E-state index contributed by atoms with van der Waals surface area (Å²) in [6.45, 7) is 1.06.